The van der Waals surface area contributed by atoms with Gasteiger partial charge >= 0.3 is 0 Å². The fourth-order valence-electron chi connectivity index (χ4n) is 3.22. The first-order chi connectivity index (χ1) is 10.1. The molecule has 4 rings (SSSR count). The van der Waals surface area contributed by atoms with Gasteiger partial charge in [-0.3, -0.25) is 4.79 Å². The highest BCUT2D eigenvalue weighted by Crippen LogP contribution is 2.38. The zero-order valence-electron chi connectivity index (χ0n) is 12.1. The van der Waals surface area contributed by atoms with Crippen LogP contribution in [0.4, 0.5) is 5.69 Å². The number of hydrogen-bond acceptors (Lipinski definition) is 3. The predicted molar refractivity (Wildman–Crippen MR) is 80.5 cm³/mol. The summed E-state index contributed by atoms with van der Waals surface area (Å²) in [6, 6.07) is 11.9. The van der Waals surface area contributed by atoms with E-state index in [1.54, 1.807) is 0 Å². The molecule has 1 fully saturated rings. The van der Waals surface area contributed by atoms with E-state index in [1.807, 2.05) is 55.1 Å². The number of rotatable bonds is 2. The summed E-state index contributed by atoms with van der Waals surface area (Å²) in [6.07, 6.45) is -0.0893. The Morgan fingerprint density at radius 2 is 2.00 bits per heavy atom. The first kappa shape index (κ1) is 12.8. The number of ether oxygens (including phenoxy) is 2. The molecule has 2 heterocycles. The molecule has 0 radical (unpaired) electrons. The Bertz CT molecular complexity index is 733. The second-order valence-corrected chi connectivity index (χ2v) is 6.05. The highest BCUT2D eigenvalue weighted by molar-refractivity contribution is 6.25. The molecule has 2 aromatic rings. The van der Waals surface area contributed by atoms with Crippen molar-refractivity contribution >= 4 is 22.4 Å². The van der Waals surface area contributed by atoms with Gasteiger partial charge in [0.2, 0.25) is 0 Å². The molecule has 21 heavy (non-hydrogen) atoms. The van der Waals surface area contributed by atoms with Crippen LogP contribution < -0.4 is 4.90 Å². The summed E-state index contributed by atoms with van der Waals surface area (Å²) >= 11 is 0. The first-order valence-electron chi connectivity index (χ1n) is 7.20. The molecule has 1 saturated heterocycles. The zero-order valence-corrected chi connectivity index (χ0v) is 12.1. The third kappa shape index (κ3) is 1.94. The van der Waals surface area contributed by atoms with Gasteiger partial charge in [-0.25, -0.2) is 0 Å². The third-order valence-electron chi connectivity index (χ3n) is 4.10. The second kappa shape index (κ2) is 4.29. The van der Waals surface area contributed by atoms with Crippen LogP contribution in [0.3, 0.4) is 0 Å². The van der Waals surface area contributed by atoms with Gasteiger partial charge in [-0.1, -0.05) is 24.3 Å². The molecular weight excluding hydrogens is 266 g/mol. The molecule has 0 aromatic heterocycles. The Hall–Kier alpha value is -1.91. The molecule has 0 saturated carbocycles. The molecule has 0 aliphatic carbocycles. The molecule has 4 heteroatoms. The summed E-state index contributed by atoms with van der Waals surface area (Å²) in [6.45, 7) is 4.84. The van der Waals surface area contributed by atoms with E-state index < -0.39 is 5.79 Å². The Morgan fingerprint density at radius 3 is 2.71 bits per heavy atom. The van der Waals surface area contributed by atoms with Gasteiger partial charge in [0.05, 0.1) is 18.8 Å². The van der Waals surface area contributed by atoms with Crippen molar-refractivity contribution in [2.45, 2.75) is 25.7 Å². The number of amides is 1. The largest absolute Gasteiger partial charge is 0.348 e. The van der Waals surface area contributed by atoms with Gasteiger partial charge in [0.25, 0.3) is 5.91 Å². The maximum absolute atomic E-state index is 12.7. The van der Waals surface area contributed by atoms with Crippen LogP contribution in [0.15, 0.2) is 36.4 Å². The van der Waals surface area contributed by atoms with Gasteiger partial charge in [0.1, 0.15) is 6.10 Å². The van der Waals surface area contributed by atoms with Crippen LogP contribution in [0.2, 0.25) is 0 Å². The number of hydrogen-bond donors (Lipinski definition) is 0. The Morgan fingerprint density at radius 1 is 1.24 bits per heavy atom. The third-order valence-corrected chi connectivity index (χ3v) is 4.10. The smallest absolute Gasteiger partial charge is 0.259 e. The van der Waals surface area contributed by atoms with Crippen LogP contribution in [0, 0.1) is 0 Å². The molecule has 0 N–H and O–H groups in total. The summed E-state index contributed by atoms with van der Waals surface area (Å²) in [5, 5.41) is 2.15. The van der Waals surface area contributed by atoms with Crippen molar-refractivity contribution in [3.63, 3.8) is 0 Å². The van der Waals surface area contributed by atoms with E-state index in [0.717, 1.165) is 22.0 Å². The van der Waals surface area contributed by atoms with Crippen LogP contribution in [0.25, 0.3) is 10.8 Å². The quantitative estimate of drug-likeness (QED) is 0.850. The Balaban J connectivity index is 1.70. The second-order valence-electron chi connectivity index (χ2n) is 6.05. The van der Waals surface area contributed by atoms with Crippen LogP contribution in [-0.4, -0.2) is 30.9 Å². The summed E-state index contributed by atoms with van der Waals surface area (Å²) in [7, 11) is 0. The van der Waals surface area contributed by atoms with Gasteiger partial charge in [-0.2, -0.15) is 0 Å². The number of anilines is 1. The van der Waals surface area contributed by atoms with Crippen molar-refractivity contribution in [1.82, 2.24) is 0 Å². The van der Waals surface area contributed by atoms with Crippen molar-refractivity contribution in [3.8, 4) is 0 Å². The van der Waals surface area contributed by atoms with Gasteiger partial charge in [-0.05, 0) is 31.4 Å². The highest BCUT2D eigenvalue weighted by Gasteiger charge is 2.37. The molecule has 1 amide bonds. The zero-order chi connectivity index (χ0) is 14.6. The summed E-state index contributed by atoms with van der Waals surface area (Å²) in [5.41, 5.74) is 1.75. The van der Waals surface area contributed by atoms with Crippen LogP contribution in [0.5, 0.6) is 0 Å². The molecular formula is C17H17NO3. The topological polar surface area (TPSA) is 38.8 Å². The van der Waals surface area contributed by atoms with E-state index in [-0.39, 0.29) is 12.0 Å². The number of carbonyl (C=O) groups is 1. The first-order valence-corrected chi connectivity index (χ1v) is 7.20. The molecule has 0 spiro atoms. The SMILES string of the molecule is CC1(C)OC[C@H](CN2C(=O)c3cccc4cccc2c34)O1. The van der Waals surface area contributed by atoms with Gasteiger partial charge in [-0.15, -0.1) is 0 Å². The molecule has 2 aliphatic heterocycles. The minimum atomic E-state index is -0.563. The standard InChI is InChI=1S/C17H17NO3/c1-17(2)20-10-12(21-17)9-18-14-8-4-6-11-5-3-7-13(15(11)14)16(18)19/h3-8,12H,9-10H2,1-2H3/t12-/m0/s1. The monoisotopic (exact) mass is 283 g/mol. The van der Waals surface area contributed by atoms with Gasteiger partial charge in [0, 0.05) is 10.9 Å². The van der Waals surface area contributed by atoms with Crippen LogP contribution >= 0.6 is 0 Å². The molecule has 4 nitrogen and oxygen atoms in total. The average molecular weight is 283 g/mol. The van der Waals surface area contributed by atoms with Crippen molar-refractivity contribution in [2.75, 3.05) is 18.1 Å². The molecule has 108 valence electrons. The number of carbonyl (C=O) groups excluding carboxylic acids is 1. The predicted octanol–water partition coefficient (Wildman–Crippen LogP) is 2.95. The molecule has 1 atom stereocenters. The lowest BCUT2D eigenvalue weighted by molar-refractivity contribution is -0.137. The van der Waals surface area contributed by atoms with Crippen molar-refractivity contribution in [2.24, 2.45) is 0 Å². The summed E-state index contributed by atoms with van der Waals surface area (Å²) in [5.74, 6) is -0.512. The normalized spacial score (nSPS) is 23.2. The van der Waals surface area contributed by atoms with Crippen molar-refractivity contribution < 1.29 is 14.3 Å². The number of benzene rings is 2. The van der Waals surface area contributed by atoms with Crippen LogP contribution in [0.1, 0.15) is 24.2 Å². The Kier molecular flexibility index (Phi) is 2.62. The van der Waals surface area contributed by atoms with E-state index in [2.05, 4.69) is 0 Å². The molecule has 2 aromatic carbocycles. The lowest BCUT2D eigenvalue weighted by Crippen LogP contribution is -2.36. The molecule has 0 unspecified atom stereocenters. The molecule has 0 bridgehead atoms. The maximum Gasteiger partial charge on any atom is 0.259 e. The van der Waals surface area contributed by atoms with Gasteiger partial charge < -0.3 is 14.4 Å². The fourth-order valence-corrected chi connectivity index (χ4v) is 3.22. The van der Waals surface area contributed by atoms with E-state index in [9.17, 15) is 4.79 Å². The van der Waals surface area contributed by atoms with E-state index in [0.29, 0.717) is 13.2 Å². The van der Waals surface area contributed by atoms with Crippen LogP contribution in [-0.2, 0) is 9.47 Å². The highest BCUT2D eigenvalue weighted by atomic mass is 16.7. The maximum atomic E-state index is 12.7. The Labute approximate surface area is 123 Å². The lowest BCUT2D eigenvalue weighted by Gasteiger charge is -2.22. The van der Waals surface area contributed by atoms with Crippen molar-refractivity contribution in [1.29, 1.82) is 0 Å². The van der Waals surface area contributed by atoms with E-state index >= 15 is 0 Å². The lowest BCUT2D eigenvalue weighted by atomic mass is 10.1. The van der Waals surface area contributed by atoms with Crippen molar-refractivity contribution in [3.05, 3.63) is 42.0 Å². The minimum absolute atomic E-state index is 0.0510. The molecule has 2 aliphatic rings. The number of nitrogens with zero attached hydrogens (tertiary/aromatic N) is 1. The van der Waals surface area contributed by atoms with E-state index in [4.69, 9.17) is 9.47 Å². The summed E-state index contributed by atoms with van der Waals surface area (Å²) < 4.78 is 11.4. The van der Waals surface area contributed by atoms with Gasteiger partial charge in [0.15, 0.2) is 5.79 Å². The average Bonchev–Trinajstić information content (AvgIpc) is 2.94. The minimum Gasteiger partial charge on any atom is -0.348 e. The fraction of sp³-hybridized carbons (Fsp3) is 0.353. The summed E-state index contributed by atoms with van der Waals surface area (Å²) in [4.78, 5) is 14.5. The van der Waals surface area contributed by atoms with E-state index in [1.165, 1.54) is 0 Å².